The molecule has 0 unspecified atom stereocenters. The Balaban J connectivity index is 1.65. The van der Waals surface area contributed by atoms with E-state index in [1.54, 1.807) is 0 Å². The van der Waals surface area contributed by atoms with Crippen LogP contribution in [0, 0.1) is 0 Å². The molecule has 0 N–H and O–H groups in total. The van der Waals surface area contributed by atoms with Gasteiger partial charge in [-0.15, -0.1) is 0 Å². The summed E-state index contributed by atoms with van der Waals surface area (Å²) in [4.78, 5) is 0. The number of rotatable bonds is 8. The van der Waals surface area contributed by atoms with Crippen molar-refractivity contribution in [2.45, 2.75) is 57.4 Å². The second-order valence-electron chi connectivity index (χ2n) is 14.1. The van der Waals surface area contributed by atoms with Gasteiger partial charge in [0.05, 0.1) is 0 Å². The molecule has 1 aliphatic heterocycles. The second-order valence-corrected chi connectivity index (χ2v) is 23.5. The van der Waals surface area contributed by atoms with Crippen LogP contribution in [-0.2, 0) is 8.85 Å². The van der Waals surface area contributed by atoms with Crippen LogP contribution in [0.2, 0.25) is 10.1 Å². The van der Waals surface area contributed by atoms with E-state index in [0.29, 0.717) is 0 Å². The van der Waals surface area contributed by atoms with Crippen LogP contribution in [0.5, 0.6) is 0 Å². The van der Waals surface area contributed by atoms with E-state index in [2.05, 4.69) is 175 Å². The molecule has 0 spiro atoms. The van der Waals surface area contributed by atoms with Gasteiger partial charge < -0.3 is 8.85 Å². The van der Waals surface area contributed by atoms with Gasteiger partial charge in [0.25, 0.3) is 16.6 Å². The van der Waals surface area contributed by atoms with Crippen LogP contribution in [0.25, 0.3) is 0 Å². The van der Waals surface area contributed by atoms with Crippen molar-refractivity contribution in [3.8, 4) is 0 Å². The topological polar surface area (TPSA) is 18.5 Å². The Morgan fingerprint density at radius 3 is 1.00 bits per heavy atom. The Morgan fingerprint density at radius 1 is 0.477 bits per heavy atom. The van der Waals surface area contributed by atoms with Crippen molar-refractivity contribution in [1.82, 2.24) is 0 Å². The van der Waals surface area contributed by atoms with E-state index < -0.39 is 22.4 Å². The summed E-state index contributed by atoms with van der Waals surface area (Å²) >= 11 is 1.97. The normalized spacial score (nSPS) is 16.8. The molecule has 0 aromatic heterocycles. The van der Waals surface area contributed by atoms with Crippen LogP contribution in [0.4, 0.5) is 0 Å². The lowest BCUT2D eigenvalue weighted by Gasteiger charge is -2.52. The highest BCUT2D eigenvalue weighted by molar-refractivity contribution is 8.00. The number of hydrogen-bond acceptors (Lipinski definition) is 3. The first-order chi connectivity index (χ1) is 21.0. The van der Waals surface area contributed by atoms with Crippen molar-refractivity contribution in [3.05, 3.63) is 145 Å². The molecule has 0 atom stereocenters. The molecule has 1 fully saturated rings. The summed E-state index contributed by atoms with van der Waals surface area (Å²) < 4.78 is 16.1. The Hall–Kier alpha value is -2.94. The van der Waals surface area contributed by atoms with Gasteiger partial charge in [0.1, 0.15) is 0 Å². The highest BCUT2D eigenvalue weighted by atomic mass is 32.2. The van der Waals surface area contributed by atoms with E-state index in [0.717, 1.165) is 11.5 Å². The molecule has 44 heavy (non-hydrogen) atoms. The molecule has 0 saturated carbocycles. The van der Waals surface area contributed by atoms with Gasteiger partial charge in [0.2, 0.25) is 0 Å². The summed E-state index contributed by atoms with van der Waals surface area (Å²) in [7, 11) is -5.99. The third-order valence-corrected chi connectivity index (χ3v) is 20.2. The fourth-order valence-electron chi connectivity index (χ4n) is 7.17. The SMILES string of the molecule is CC(C)(C)[Si](OC1(O[Si](c2ccccc2)(c2ccccc2)C(C)(C)C)C=C2CSCC2=C1)(c1ccccc1)c1ccccc1. The third-order valence-electron chi connectivity index (χ3n) is 9.14. The molecule has 226 valence electrons. The zero-order valence-corrected chi connectivity index (χ0v) is 29.7. The van der Waals surface area contributed by atoms with E-state index in [9.17, 15) is 0 Å². The molecule has 6 rings (SSSR count). The van der Waals surface area contributed by atoms with Crippen molar-refractivity contribution < 1.29 is 8.85 Å². The van der Waals surface area contributed by atoms with Gasteiger partial charge >= 0.3 is 0 Å². The average molecular weight is 633 g/mol. The van der Waals surface area contributed by atoms with E-state index in [1.165, 1.54) is 31.9 Å². The van der Waals surface area contributed by atoms with E-state index in [4.69, 9.17) is 8.85 Å². The molecule has 0 radical (unpaired) electrons. The monoisotopic (exact) mass is 632 g/mol. The summed E-state index contributed by atoms with van der Waals surface area (Å²) in [6.45, 7) is 14.1. The molecule has 5 heteroatoms. The van der Waals surface area contributed by atoms with Crippen LogP contribution < -0.4 is 20.7 Å². The third kappa shape index (κ3) is 5.33. The molecule has 0 amide bonds. The highest BCUT2D eigenvalue weighted by Gasteiger charge is 2.60. The van der Waals surface area contributed by atoms with Gasteiger partial charge in [0.15, 0.2) is 5.79 Å². The molecule has 2 nitrogen and oxygen atoms in total. The van der Waals surface area contributed by atoms with Crippen molar-refractivity contribution in [2.75, 3.05) is 11.5 Å². The van der Waals surface area contributed by atoms with Crippen LogP contribution in [-0.4, -0.2) is 33.9 Å². The van der Waals surface area contributed by atoms with Gasteiger partial charge in [-0.3, -0.25) is 0 Å². The number of thioether (sulfide) groups is 1. The predicted molar refractivity (Wildman–Crippen MR) is 194 cm³/mol. The summed E-state index contributed by atoms with van der Waals surface area (Å²) in [6, 6.07) is 43.8. The van der Waals surface area contributed by atoms with Gasteiger partial charge in [-0.2, -0.15) is 11.8 Å². The van der Waals surface area contributed by atoms with Gasteiger partial charge in [-0.1, -0.05) is 163 Å². The van der Waals surface area contributed by atoms with Gasteiger partial charge in [0, 0.05) is 11.5 Å². The maximum atomic E-state index is 8.04. The predicted octanol–water partition coefficient (Wildman–Crippen LogP) is 7.45. The molecular weight excluding hydrogens is 589 g/mol. The van der Waals surface area contributed by atoms with Gasteiger partial charge in [-0.05, 0) is 54.1 Å². The van der Waals surface area contributed by atoms with Crippen LogP contribution in [0.15, 0.2) is 145 Å². The fourth-order valence-corrected chi connectivity index (χ4v) is 17.5. The fraction of sp³-hybridized carbons (Fsp3) is 0.282. The first-order valence-electron chi connectivity index (χ1n) is 15.6. The minimum absolute atomic E-state index is 0.193. The van der Waals surface area contributed by atoms with Crippen LogP contribution in [0.1, 0.15) is 41.5 Å². The molecule has 1 aliphatic carbocycles. The van der Waals surface area contributed by atoms with E-state index in [1.807, 2.05) is 11.8 Å². The summed E-state index contributed by atoms with van der Waals surface area (Å²) in [5, 5.41) is 4.64. The average Bonchev–Trinajstić information content (AvgIpc) is 3.59. The first-order valence-corrected chi connectivity index (χ1v) is 20.6. The molecule has 1 heterocycles. The second kappa shape index (κ2) is 11.8. The lowest BCUT2D eigenvalue weighted by Crippen LogP contribution is -2.73. The zero-order chi connectivity index (χ0) is 31.1. The molecular formula is C39H44O2SSi2. The lowest BCUT2D eigenvalue weighted by molar-refractivity contribution is -0.0426. The summed E-state index contributed by atoms with van der Waals surface area (Å²) in [5.74, 6) is 0.950. The minimum atomic E-state index is -2.99. The molecule has 4 aromatic rings. The van der Waals surface area contributed by atoms with Crippen molar-refractivity contribution >= 4 is 49.1 Å². The summed E-state index contributed by atoms with van der Waals surface area (Å²) in [6.07, 6.45) is 4.70. The maximum absolute atomic E-state index is 8.04. The number of fused-ring (bicyclic) bond motifs is 1. The van der Waals surface area contributed by atoms with Crippen LogP contribution >= 0.6 is 11.8 Å². The van der Waals surface area contributed by atoms with Crippen LogP contribution in [0.3, 0.4) is 0 Å². The Labute approximate surface area is 270 Å². The van der Waals surface area contributed by atoms with Crippen molar-refractivity contribution in [3.63, 3.8) is 0 Å². The maximum Gasteiger partial charge on any atom is 0.265 e. The molecule has 1 saturated heterocycles. The van der Waals surface area contributed by atoms with Crippen molar-refractivity contribution in [1.29, 1.82) is 0 Å². The molecule has 2 aliphatic rings. The summed E-state index contributed by atoms with van der Waals surface area (Å²) in [5.41, 5.74) is 2.71. The molecule has 4 aromatic carbocycles. The Kier molecular flexibility index (Phi) is 8.31. The van der Waals surface area contributed by atoms with E-state index >= 15 is 0 Å². The Morgan fingerprint density at radius 2 is 0.750 bits per heavy atom. The van der Waals surface area contributed by atoms with E-state index in [-0.39, 0.29) is 10.1 Å². The number of hydrogen-bond donors (Lipinski definition) is 0. The van der Waals surface area contributed by atoms with Crippen molar-refractivity contribution in [2.24, 2.45) is 0 Å². The first kappa shape index (κ1) is 31.1. The molecule has 0 bridgehead atoms. The quantitative estimate of drug-likeness (QED) is 0.149. The Bertz CT molecular complexity index is 1430. The zero-order valence-electron chi connectivity index (χ0n) is 26.8. The standard InChI is InChI=1S/C39H44O2SSi2/c1-37(2,3)43(33-19-11-7-12-20-33,34-21-13-8-14-22-34)40-39(27-31-29-42-30-32(31)28-39)41-44(38(4,5)6,35-23-15-9-16-24-35)36-25-17-10-18-26-36/h7-28H,29-30H2,1-6H3. The number of benzene rings is 4. The minimum Gasteiger partial charge on any atom is -0.375 e. The van der Waals surface area contributed by atoms with Gasteiger partial charge in [-0.25, -0.2) is 0 Å². The highest BCUT2D eigenvalue weighted by Crippen LogP contribution is 2.48. The lowest BCUT2D eigenvalue weighted by atomic mass is 10.2. The smallest absolute Gasteiger partial charge is 0.265 e. The largest absolute Gasteiger partial charge is 0.375 e.